The van der Waals surface area contributed by atoms with Gasteiger partial charge in [0.1, 0.15) is 0 Å². The molecule has 5 heteroatoms. The van der Waals surface area contributed by atoms with E-state index in [4.69, 9.17) is 5.73 Å². The molecule has 21 heavy (non-hydrogen) atoms. The Balaban J connectivity index is 2.42. The summed E-state index contributed by atoms with van der Waals surface area (Å²) < 4.78 is 0. The van der Waals surface area contributed by atoms with Crippen LogP contribution < -0.4 is 10.6 Å². The lowest BCUT2D eigenvalue weighted by Gasteiger charge is -2.38. The number of carbonyl (C=O) groups excluding carboxylic acids is 1. The first-order valence-corrected chi connectivity index (χ1v) is 7.34. The first-order chi connectivity index (χ1) is 9.92. The van der Waals surface area contributed by atoms with Crippen LogP contribution in [0, 0.1) is 5.92 Å². The second-order valence-corrected chi connectivity index (χ2v) is 5.65. The van der Waals surface area contributed by atoms with Gasteiger partial charge in [-0.15, -0.1) is 0 Å². The molecule has 1 aromatic carbocycles. The number of carboxylic acids is 1. The normalized spacial score (nSPS) is 18.2. The summed E-state index contributed by atoms with van der Waals surface area (Å²) in [5, 5.41) is 9.31. The van der Waals surface area contributed by atoms with Gasteiger partial charge in [0.05, 0.1) is 11.5 Å². The predicted octanol–water partition coefficient (Wildman–Crippen LogP) is 1.79. The number of nitrogens with two attached hydrogens (primary N) is 1. The molecule has 1 aromatic rings. The molecule has 0 aliphatic carbocycles. The van der Waals surface area contributed by atoms with E-state index in [-0.39, 0.29) is 12.5 Å². The van der Waals surface area contributed by atoms with Crippen molar-refractivity contribution >= 4 is 17.6 Å². The van der Waals surface area contributed by atoms with Crippen LogP contribution >= 0.6 is 0 Å². The van der Waals surface area contributed by atoms with E-state index in [1.54, 1.807) is 4.90 Å². The van der Waals surface area contributed by atoms with Crippen LogP contribution in [0.25, 0.3) is 0 Å². The fraction of sp³-hybridized carbons (Fsp3) is 0.500. The number of carboxylic acid groups (broad SMARTS) is 1. The Morgan fingerprint density at radius 1 is 1.33 bits per heavy atom. The van der Waals surface area contributed by atoms with Crippen LogP contribution in [0.4, 0.5) is 5.69 Å². The van der Waals surface area contributed by atoms with Crippen LogP contribution in [0.15, 0.2) is 24.3 Å². The molecule has 0 aromatic heterocycles. The molecule has 0 saturated heterocycles. The number of amides is 1. The number of carbonyl (C=O) groups is 2. The lowest BCUT2D eigenvalue weighted by molar-refractivity contribution is -0.141. The number of hydrogen-bond acceptors (Lipinski definition) is 3. The molecule has 1 aliphatic heterocycles. The van der Waals surface area contributed by atoms with E-state index in [1.165, 1.54) is 0 Å². The smallest absolute Gasteiger partial charge is 0.308 e. The van der Waals surface area contributed by atoms with Gasteiger partial charge in [0.25, 0.3) is 0 Å². The SMILES string of the molecule is CCC(N)(CC)C(=O)N1CC(C(=O)O)Cc2ccccc21. The summed E-state index contributed by atoms with van der Waals surface area (Å²) >= 11 is 0. The van der Waals surface area contributed by atoms with Crippen molar-refractivity contribution in [3.63, 3.8) is 0 Å². The molecular formula is C16H22N2O3. The molecule has 0 spiro atoms. The Labute approximate surface area is 124 Å². The summed E-state index contributed by atoms with van der Waals surface area (Å²) in [5.41, 5.74) is 6.95. The number of para-hydroxylation sites is 1. The van der Waals surface area contributed by atoms with Gasteiger partial charge in [-0.25, -0.2) is 0 Å². The van der Waals surface area contributed by atoms with E-state index in [2.05, 4.69) is 0 Å². The fourth-order valence-electron chi connectivity index (χ4n) is 2.77. The molecule has 0 bridgehead atoms. The summed E-state index contributed by atoms with van der Waals surface area (Å²) in [6.07, 6.45) is 1.50. The van der Waals surface area contributed by atoms with Crippen molar-refractivity contribution < 1.29 is 14.7 Å². The molecule has 1 atom stereocenters. The molecule has 0 fully saturated rings. The second kappa shape index (κ2) is 5.85. The molecule has 1 aliphatic rings. The topological polar surface area (TPSA) is 83.6 Å². The van der Waals surface area contributed by atoms with Gasteiger partial charge in [0.15, 0.2) is 0 Å². The van der Waals surface area contributed by atoms with Crippen molar-refractivity contribution in [3.8, 4) is 0 Å². The summed E-state index contributed by atoms with van der Waals surface area (Å²) in [6, 6.07) is 7.45. The van der Waals surface area contributed by atoms with Crippen LogP contribution in [0.3, 0.4) is 0 Å². The monoisotopic (exact) mass is 290 g/mol. The zero-order chi connectivity index (χ0) is 15.6. The van der Waals surface area contributed by atoms with Crippen molar-refractivity contribution in [2.75, 3.05) is 11.4 Å². The maximum absolute atomic E-state index is 12.8. The van der Waals surface area contributed by atoms with Gasteiger partial charge in [0, 0.05) is 12.2 Å². The van der Waals surface area contributed by atoms with Crippen molar-refractivity contribution in [2.45, 2.75) is 38.6 Å². The van der Waals surface area contributed by atoms with Gasteiger partial charge >= 0.3 is 5.97 Å². The molecule has 5 nitrogen and oxygen atoms in total. The third-order valence-corrected chi connectivity index (χ3v) is 4.43. The van der Waals surface area contributed by atoms with Gasteiger partial charge in [0.2, 0.25) is 5.91 Å². The largest absolute Gasteiger partial charge is 0.481 e. The molecular weight excluding hydrogens is 268 g/mol. The molecule has 0 saturated carbocycles. The van der Waals surface area contributed by atoms with Crippen molar-refractivity contribution in [1.82, 2.24) is 0 Å². The molecule has 2 rings (SSSR count). The van der Waals surface area contributed by atoms with E-state index in [0.717, 1.165) is 11.3 Å². The number of rotatable bonds is 4. The van der Waals surface area contributed by atoms with Crippen LogP contribution in [0.2, 0.25) is 0 Å². The van der Waals surface area contributed by atoms with E-state index in [1.807, 2.05) is 38.1 Å². The van der Waals surface area contributed by atoms with E-state index >= 15 is 0 Å². The second-order valence-electron chi connectivity index (χ2n) is 5.65. The Morgan fingerprint density at radius 2 is 1.95 bits per heavy atom. The molecule has 0 radical (unpaired) electrons. The molecule has 1 unspecified atom stereocenters. The Bertz CT molecular complexity index is 552. The van der Waals surface area contributed by atoms with E-state index in [9.17, 15) is 14.7 Å². The Kier molecular flexibility index (Phi) is 4.32. The number of nitrogens with zero attached hydrogens (tertiary/aromatic N) is 1. The highest BCUT2D eigenvalue weighted by Crippen LogP contribution is 2.32. The first-order valence-electron chi connectivity index (χ1n) is 7.34. The number of hydrogen-bond donors (Lipinski definition) is 2. The minimum atomic E-state index is -0.937. The van der Waals surface area contributed by atoms with Gasteiger partial charge in [-0.05, 0) is 30.9 Å². The third-order valence-electron chi connectivity index (χ3n) is 4.43. The third kappa shape index (κ3) is 2.78. The van der Waals surface area contributed by atoms with Crippen LogP contribution in [-0.2, 0) is 16.0 Å². The standard InChI is InChI=1S/C16H22N2O3/c1-3-16(17,4-2)15(21)18-10-12(14(19)20)9-11-7-5-6-8-13(11)18/h5-8,12H,3-4,9-10,17H2,1-2H3,(H,19,20). The maximum Gasteiger partial charge on any atom is 0.308 e. The van der Waals surface area contributed by atoms with Crippen molar-refractivity contribution in [1.29, 1.82) is 0 Å². The van der Waals surface area contributed by atoms with E-state index in [0.29, 0.717) is 19.3 Å². The zero-order valence-corrected chi connectivity index (χ0v) is 12.5. The Morgan fingerprint density at radius 3 is 2.52 bits per heavy atom. The van der Waals surface area contributed by atoms with Gasteiger partial charge in [-0.3, -0.25) is 9.59 Å². The average Bonchev–Trinajstić information content (AvgIpc) is 2.52. The quantitative estimate of drug-likeness (QED) is 0.885. The molecule has 114 valence electrons. The summed E-state index contributed by atoms with van der Waals surface area (Å²) in [4.78, 5) is 25.7. The van der Waals surface area contributed by atoms with Crippen LogP contribution in [-0.4, -0.2) is 29.1 Å². The minimum absolute atomic E-state index is 0.185. The predicted molar refractivity (Wildman–Crippen MR) is 81.1 cm³/mol. The van der Waals surface area contributed by atoms with Gasteiger partial charge in [-0.2, -0.15) is 0 Å². The summed E-state index contributed by atoms with van der Waals surface area (Å²) in [5.74, 6) is -1.65. The molecule has 3 N–H and O–H groups in total. The highest BCUT2D eigenvalue weighted by Gasteiger charge is 2.39. The lowest BCUT2D eigenvalue weighted by Crippen LogP contribution is -2.57. The summed E-state index contributed by atoms with van der Waals surface area (Å²) in [6.45, 7) is 3.95. The van der Waals surface area contributed by atoms with Gasteiger partial charge in [-0.1, -0.05) is 32.0 Å². The molecule has 1 amide bonds. The Hall–Kier alpha value is -1.88. The lowest BCUT2D eigenvalue weighted by atomic mass is 9.88. The number of fused-ring (bicyclic) bond motifs is 1. The minimum Gasteiger partial charge on any atom is -0.481 e. The summed E-state index contributed by atoms with van der Waals surface area (Å²) in [7, 11) is 0. The van der Waals surface area contributed by atoms with Crippen LogP contribution in [0.5, 0.6) is 0 Å². The number of benzene rings is 1. The van der Waals surface area contributed by atoms with Crippen molar-refractivity contribution in [2.24, 2.45) is 11.7 Å². The highest BCUT2D eigenvalue weighted by molar-refractivity contribution is 6.01. The number of aliphatic carboxylic acids is 1. The number of anilines is 1. The van der Waals surface area contributed by atoms with Crippen LogP contribution in [0.1, 0.15) is 32.3 Å². The maximum atomic E-state index is 12.8. The van der Waals surface area contributed by atoms with Crippen molar-refractivity contribution in [3.05, 3.63) is 29.8 Å². The average molecular weight is 290 g/mol. The van der Waals surface area contributed by atoms with E-state index < -0.39 is 17.4 Å². The highest BCUT2D eigenvalue weighted by atomic mass is 16.4. The molecule has 1 heterocycles. The van der Waals surface area contributed by atoms with Gasteiger partial charge < -0.3 is 15.7 Å². The fourth-order valence-corrected chi connectivity index (χ4v) is 2.77. The first kappa shape index (κ1) is 15.5. The zero-order valence-electron chi connectivity index (χ0n) is 12.5.